The fourth-order valence-electron chi connectivity index (χ4n) is 5.18. The number of hydrogen-bond donors (Lipinski definition) is 0. The minimum absolute atomic E-state index is 0.507. The number of imidazole rings is 1. The summed E-state index contributed by atoms with van der Waals surface area (Å²) in [6.45, 7) is 3.32. The van der Waals surface area contributed by atoms with Crippen molar-refractivity contribution >= 4 is 11.9 Å². The van der Waals surface area contributed by atoms with Gasteiger partial charge in [-0.2, -0.15) is 5.26 Å². The minimum Gasteiger partial charge on any atom is -0.495 e. The van der Waals surface area contributed by atoms with Gasteiger partial charge in [-0.15, -0.1) is 0 Å². The molecule has 0 N–H and O–H groups in total. The number of piperidine rings is 1. The Kier molecular flexibility index (Phi) is 4.99. The molecule has 1 unspecified atom stereocenters. The molecule has 3 aliphatic rings. The van der Waals surface area contributed by atoms with E-state index in [0.717, 1.165) is 59.1 Å². The Labute approximate surface area is 203 Å². The van der Waals surface area contributed by atoms with Crippen LogP contribution in [-0.4, -0.2) is 40.5 Å². The van der Waals surface area contributed by atoms with Crippen molar-refractivity contribution in [2.45, 2.75) is 31.9 Å². The van der Waals surface area contributed by atoms with Gasteiger partial charge in [-0.05, 0) is 67.3 Å². The van der Waals surface area contributed by atoms with Crippen molar-refractivity contribution in [3.63, 3.8) is 0 Å². The lowest BCUT2D eigenvalue weighted by atomic mass is 9.90. The Morgan fingerprint density at radius 2 is 2.14 bits per heavy atom. The molecular formula is C27H25N5O3. The van der Waals surface area contributed by atoms with E-state index in [1.807, 2.05) is 42.0 Å². The van der Waals surface area contributed by atoms with Crippen LogP contribution in [0.3, 0.4) is 0 Å². The largest absolute Gasteiger partial charge is 0.495 e. The number of aryl methyl sites for hydroxylation is 1. The van der Waals surface area contributed by atoms with Gasteiger partial charge < -0.3 is 23.8 Å². The number of fused-ring (bicyclic) bond motifs is 4. The highest BCUT2D eigenvalue weighted by atomic mass is 16.7. The highest BCUT2D eigenvalue weighted by Crippen LogP contribution is 2.48. The van der Waals surface area contributed by atoms with Gasteiger partial charge in [-0.25, -0.2) is 4.98 Å². The van der Waals surface area contributed by atoms with Crippen LogP contribution in [-0.2, 0) is 10.6 Å². The third-order valence-corrected chi connectivity index (χ3v) is 6.85. The van der Waals surface area contributed by atoms with Crippen molar-refractivity contribution in [2.24, 2.45) is 5.16 Å². The zero-order valence-corrected chi connectivity index (χ0v) is 19.7. The van der Waals surface area contributed by atoms with Crippen LogP contribution in [0, 0.1) is 18.3 Å². The highest BCUT2D eigenvalue weighted by molar-refractivity contribution is 6.03. The normalized spacial score (nSPS) is 21.6. The summed E-state index contributed by atoms with van der Waals surface area (Å²) in [6, 6.07) is 13.9. The maximum atomic E-state index is 9.29. The van der Waals surface area contributed by atoms with Crippen LogP contribution in [0.1, 0.15) is 41.6 Å². The first-order valence-electron chi connectivity index (χ1n) is 11.7. The molecule has 176 valence electrons. The van der Waals surface area contributed by atoms with Crippen LogP contribution < -0.4 is 9.47 Å². The van der Waals surface area contributed by atoms with Crippen molar-refractivity contribution in [3.8, 4) is 23.3 Å². The number of methoxy groups -OCH3 is 1. The predicted octanol–water partition coefficient (Wildman–Crippen LogP) is 4.52. The van der Waals surface area contributed by atoms with Gasteiger partial charge in [0.05, 0.1) is 48.6 Å². The molecule has 35 heavy (non-hydrogen) atoms. The number of ether oxygens (including phenoxy) is 2. The Balaban J connectivity index is 1.34. The molecule has 0 amide bonds. The maximum absolute atomic E-state index is 9.29. The Bertz CT molecular complexity index is 1420. The molecule has 1 fully saturated rings. The van der Waals surface area contributed by atoms with Gasteiger partial charge in [0, 0.05) is 19.2 Å². The number of hydrogen-bond acceptors (Lipinski definition) is 7. The average Bonchev–Trinajstić information content (AvgIpc) is 3.49. The lowest BCUT2D eigenvalue weighted by Gasteiger charge is -2.42. The SMILES string of the molecule is COc1cc(/C=C2\CCCN3C2=NOC32CCOc3cc(C#N)ccc32)ccc1-n1cnc(C)c1. The van der Waals surface area contributed by atoms with Gasteiger partial charge in [-0.3, -0.25) is 0 Å². The van der Waals surface area contributed by atoms with Gasteiger partial charge in [-0.1, -0.05) is 11.2 Å². The van der Waals surface area contributed by atoms with Gasteiger partial charge in [0.1, 0.15) is 11.5 Å². The van der Waals surface area contributed by atoms with Crippen LogP contribution in [0.2, 0.25) is 0 Å². The van der Waals surface area contributed by atoms with Crippen LogP contribution in [0.15, 0.2) is 59.7 Å². The topological polar surface area (TPSA) is 84.9 Å². The third-order valence-electron chi connectivity index (χ3n) is 6.85. The average molecular weight is 468 g/mol. The van der Waals surface area contributed by atoms with Crippen molar-refractivity contribution in [1.29, 1.82) is 5.26 Å². The van der Waals surface area contributed by atoms with Crippen LogP contribution >= 0.6 is 0 Å². The molecule has 0 aliphatic carbocycles. The molecule has 8 nitrogen and oxygen atoms in total. The fraction of sp³-hybridized carbons (Fsp3) is 0.296. The van der Waals surface area contributed by atoms with E-state index in [4.69, 9.17) is 14.3 Å². The van der Waals surface area contributed by atoms with E-state index in [-0.39, 0.29) is 0 Å². The van der Waals surface area contributed by atoms with Crippen molar-refractivity contribution in [2.75, 3.05) is 20.3 Å². The standard InChI is InChI=1S/C27H25N5O3/c1-18-16-31(17-29-18)23-8-6-19(13-25(23)33-2)12-21-4-3-10-32-26(21)30-35-27(32)9-11-34-24-14-20(15-28)5-7-22(24)27/h5-8,12-14,16-17H,3-4,9-11H2,1-2H3/b21-12+. The molecule has 0 radical (unpaired) electrons. The summed E-state index contributed by atoms with van der Waals surface area (Å²) in [5, 5.41) is 13.9. The molecule has 8 heteroatoms. The lowest BCUT2D eigenvalue weighted by Crippen LogP contribution is -2.51. The first kappa shape index (κ1) is 21.3. The lowest BCUT2D eigenvalue weighted by molar-refractivity contribution is -0.128. The van der Waals surface area contributed by atoms with E-state index in [1.54, 1.807) is 19.5 Å². The molecule has 3 aromatic rings. The Morgan fingerprint density at radius 3 is 2.94 bits per heavy atom. The smallest absolute Gasteiger partial charge is 0.244 e. The number of nitrogens with zero attached hydrogens (tertiary/aromatic N) is 5. The molecular weight excluding hydrogens is 442 g/mol. The van der Waals surface area contributed by atoms with Crippen LogP contribution in [0.5, 0.6) is 11.5 Å². The van der Waals surface area contributed by atoms with Crippen LogP contribution in [0.25, 0.3) is 11.8 Å². The molecule has 1 atom stereocenters. The highest BCUT2D eigenvalue weighted by Gasteiger charge is 2.52. The molecule has 1 spiro atoms. The van der Waals surface area contributed by atoms with E-state index >= 15 is 0 Å². The maximum Gasteiger partial charge on any atom is 0.244 e. The number of nitriles is 1. The second-order valence-electron chi connectivity index (χ2n) is 8.99. The summed E-state index contributed by atoms with van der Waals surface area (Å²) in [5.41, 5.74) is 4.85. The number of aromatic nitrogens is 2. The second-order valence-corrected chi connectivity index (χ2v) is 8.99. The second kappa shape index (κ2) is 8.20. The zero-order valence-electron chi connectivity index (χ0n) is 19.7. The number of benzene rings is 2. The van der Waals surface area contributed by atoms with Crippen LogP contribution in [0.4, 0.5) is 0 Å². The van der Waals surface area contributed by atoms with Crippen molar-refractivity contribution in [3.05, 3.63) is 76.9 Å². The quantitative estimate of drug-likeness (QED) is 0.563. The van der Waals surface area contributed by atoms with Crippen molar-refractivity contribution in [1.82, 2.24) is 14.5 Å². The van der Waals surface area contributed by atoms with E-state index < -0.39 is 5.72 Å². The Hall–Kier alpha value is -4.25. The number of oxime groups is 1. The Morgan fingerprint density at radius 1 is 1.23 bits per heavy atom. The molecule has 0 saturated carbocycles. The van der Waals surface area contributed by atoms with Gasteiger partial charge >= 0.3 is 0 Å². The van der Waals surface area contributed by atoms with E-state index in [1.165, 1.54) is 0 Å². The minimum atomic E-state index is -0.697. The third kappa shape index (κ3) is 3.43. The fourth-order valence-corrected chi connectivity index (χ4v) is 5.18. The van der Waals surface area contributed by atoms with Gasteiger partial charge in [0.25, 0.3) is 0 Å². The summed E-state index contributed by atoms with van der Waals surface area (Å²) < 4.78 is 13.5. The zero-order chi connectivity index (χ0) is 24.0. The van der Waals surface area contributed by atoms with E-state index in [9.17, 15) is 5.26 Å². The number of amidine groups is 1. The summed E-state index contributed by atoms with van der Waals surface area (Å²) in [6.07, 6.45) is 8.50. The van der Waals surface area contributed by atoms with E-state index in [0.29, 0.717) is 24.3 Å². The summed E-state index contributed by atoms with van der Waals surface area (Å²) in [7, 11) is 1.68. The number of rotatable bonds is 3. The summed E-state index contributed by atoms with van der Waals surface area (Å²) >= 11 is 0. The molecule has 6 rings (SSSR count). The monoisotopic (exact) mass is 467 g/mol. The van der Waals surface area contributed by atoms with E-state index in [2.05, 4.69) is 33.3 Å². The van der Waals surface area contributed by atoms with Crippen molar-refractivity contribution < 1.29 is 14.3 Å². The predicted molar refractivity (Wildman–Crippen MR) is 130 cm³/mol. The van der Waals surface area contributed by atoms with Gasteiger partial charge in [0.15, 0.2) is 5.84 Å². The molecule has 4 heterocycles. The molecule has 0 bridgehead atoms. The molecule has 3 aliphatic heterocycles. The first-order valence-corrected chi connectivity index (χ1v) is 11.7. The summed E-state index contributed by atoms with van der Waals surface area (Å²) in [5.74, 6) is 2.33. The molecule has 2 aromatic carbocycles. The molecule has 1 saturated heterocycles. The summed E-state index contributed by atoms with van der Waals surface area (Å²) in [4.78, 5) is 12.8. The molecule has 1 aromatic heterocycles. The van der Waals surface area contributed by atoms with Gasteiger partial charge in [0.2, 0.25) is 5.72 Å². The first-order chi connectivity index (χ1) is 17.1.